The van der Waals surface area contributed by atoms with E-state index in [2.05, 4.69) is 5.32 Å². The van der Waals surface area contributed by atoms with Gasteiger partial charge in [-0.1, -0.05) is 47.5 Å². The van der Waals surface area contributed by atoms with E-state index in [0.717, 1.165) is 11.1 Å². The van der Waals surface area contributed by atoms with Gasteiger partial charge in [-0.2, -0.15) is 4.31 Å². The predicted octanol–water partition coefficient (Wildman–Crippen LogP) is 2.86. The second-order valence-electron chi connectivity index (χ2n) is 5.76. The fourth-order valence-electron chi connectivity index (χ4n) is 2.95. The van der Waals surface area contributed by atoms with Crippen molar-refractivity contribution < 1.29 is 13.2 Å². The molecule has 0 saturated heterocycles. The Bertz CT molecular complexity index is 911. The Hall–Kier alpha value is -1.60. The number of sulfonamides is 1. The second kappa shape index (κ2) is 6.96. The number of rotatable bonds is 3. The van der Waals surface area contributed by atoms with Gasteiger partial charge in [0, 0.05) is 23.6 Å². The molecule has 0 saturated carbocycles. The summed E-state index contributed by atoms with van der Waals surface area (Å²) in [7, 11) is -2.46. The maximum atomic E-state index is 13.2. The van der Waals surface area contributed by atoms with Crippen LogP contribution in [0.2, 0.25) is 10.0 Å². The number of nitrogens with one attached hydrogen (secondary N) is 1. The number of likely N-dealkylation sites (N-methyl/N-ethyl adjacent to an activating group) is 1. The molecule has 0 aromatic heterocycles. The highest BCUT2D eigenvalue weighted by Gasteiger charge is 2.39. The highest BCUT2D eigenvalue weighted by molar-refractivity contribution is 7.89. The second-order valence-corrected chi connectivity index (χ2v) is 8.52. The van der Waals surface area contributed by atoms with E-state index in [4.69, 9.17) is 23.2 Å². The topological polar surface area (TPSA) is 66.5 Å². The van der Waals surface area contributed by atoms with Crippen molar-refractivity contribution >= 4 is 39.1 Å². The van der Waals surface area contributed by atoms with Crippen molar-refractivity contribution in [3.05, 3.63) is 63.6 Å². The predicted molar refractivity (Wildman–Crippen MR) is 97.2 cm³/mol. The number of halogens is 2. The number of fused-ring (bicyclic) bond motifs is 1. The van der Waals surface area contributed by atoms with E-state index in [0.29, 0.717) is 6.42 Å². The lowest BCUT2D eigenvalue weighted by Gasteiger charge is -2.34. The molecule has 132 valence electrons. The fraction of sp³-hybridized carbons (Fsp3) is 0.235. The number of amides is 1. The summed E-state index contributed by atoms with van der Waals surface area (Å²) < 4.78 is 27.5. The van der Waals surface area contributed by atoms with Crippen molar-refractivity contribution in [2.45, 2.75) is 23.9 Å². The lowest BCUT2D eigenvalue weighted by atomic mass is 9.95. The number of nitrogens with zero attached hydrogens (tertiary/aromatic N) is 1. The van der Waals surface area contributed by atoms with Gasteiger partial charge in [-0.3, -0.25) is 4.79 Å². The summed E-state index contributed by atoms with van der Waals surface area (Å²) in [6.07, 6.45) is 0.309. The highest BCUT2D eigenvalue weighted by Crippen LogP contribution is 2.31. The first-order valence-electron chi connectivity index (χ1n) is 7.59. The van der Waals surface area contributed by atoms with Gasteiger partial charge < -0.3 is 5.32 Å². The molecule has 25 heavy (non-hydrogen) atoms. The number of carbonyl (C=O) groups is 1. The summed E-state index contributed by atoms with van der Waals surface area (Å²) in [5, 5.41) is 2.99. The standard InChI is InChI=1S/C17H16Cl2N2O3S/c1-20-17(22)16-6-11-4-2-3-5-12(11)10-21(16)25(23,24)15-8-13(18)7-14(19)9-15/h2-5,7-9,16H,6,10H2,1H3,(H,20,22)/t16-/m0/s1. The van der Waals surface area contributed by atoms with Crippen LogP contribution in [0.4, 0.5) is 0 Å². The Morgan fingerprint density at radius 1 is 1.12 bits per heavy atom. The van der Waals surface area contributed by atoms with Crippen molar-refractivity contribution in [3.8, 4) is 0 Å². The van der Waals surface area contributed by atoms with Crippen LogP contribution in [0.1, 0.15) is 11.1 Å². The molecule has 1 amide bonds. The van der Waals surface area contributed by atoms with E-state index in [1.54, 1.807) is 0 Å². The van der Waals surface area contributed by atoms with Crippen LogP contribution in [-0.4, -0.2) is 31.7 Å². The molecule has 0 aliphatic carbocycles. The minimum atomic E-state index is -3.95. The van der Waals surface area contributed by atoms with Crippen LogP contribution in [0, 0.1) is 0 Å². The van der Waals surface area contributed by atoms with Crippen LogP contribution in [0.3, 0.4) is 0 Å². The molecule has 1 heterocycles. The summed E-state index contributed by atoms with van der Waals surface area (Å²) in [4.78, 5) is 12.3. The van der Waals surface area contributed by atoms with Gasteiger partial charge in [0.2, 0.25) is 15.9 Å². The molecule has 1 aliphatic heterocycles. The van der Waals surface area contributed by atoms with Crippen molar-refractivity contribution in [3.63, 3.8) is 0 Å². The summed E-state index contributed by atoms with van der Waals surface area (Å²) in [5.74, 6) is -0.355. The van der Waals surface area contributed by atoms with E-state index in [9.17, 15) is 13.2 Å². The zero-order valence-electron chi connectivity index (χ0n) is 13.4. The molecular formula is C17H16Cl2N2O3S. The molecule has 0 fully saturated rings. The third kappa shape index (κ3) is 3.53. The minimum absolute atomic E-state index is 0.0294. The van der Waals surface area contributed by atoms with E-state index in [-0.39, 0.29) is 27.4 Å². The van der Waals surface area contributed by atoms with Gasteiger partial charge in [-0.15, -0.1) is 0 Å². The highest BCUT2D eigenvalue weighted by atomic mass is 35.5. The molecule has 0 radical (unpaired) electrons. The first-order chi connectivity index (χ1) is 11.8. The molecule has 0 bridgehead atoms. The molecule has 1 atom stereocenters. The normalized spacial score (nSPS) is 17.8. The Labute approximate surface area is 156 Å². The zero-order valence-corrected chi connectivity index (χ0v) is 15.7. The molecule has 8 heteroatoms. The molecule has 5 nitrogen and oxygen atoms in total. The van der Waals surface area contributed by atoms with E-state index in [1.807, 2.05) is 24.3 Å². The van der Waals surface area contributed by atoms with Gasteiger partial charge >= 0.3 is 0 Å². The summed E-state index contributed by atoms with van der Waals surface area (Å²) in [6, 6.07) is 10.8. The average Bonchev–Trinajstić information content (AvgIpc) is 2.59. The quantitative estimate of drug-likeness (QED) is 0.863. The minimum Gasteiger partial charge on any atom is -0.358 e. The first-order valence-corrected chi connectivity index (χ1v) is 9.79. The van der Waals surface area contributed by atoms with Crippen molar-refractivity contribution in [2.24, 2.45) is 0 Å². The number of carbonyl (C=O) groups excluding carboxylic acids is 1. The van der Waals surface area contributed by atoms with E-state index in [1.165, 1.54) is 29.6 Å². The van der Waals surface area contributed by atoms with Crippen molar-refractivity contribution in [1.82, 2.24) is 9.62 Å². The van der Waals surface area contributed by atoms with E-state index < -0.39 is 16.1 Å². The number of hydrogen-bond acceptors (Lipinski definition) is 3. The number of hydrogen-bond donors (Lipinski definition) is 1. The van der Waals surface area contributed by atoms with Gasteiger partial charge in [0.25, 0.3) is 0 Å². The summed E-state index contributed by atoms with van der Waals surface area (Å²) >= 11 is 11.9. The molecule has 2 aromatic carbocycles. The van der Waals surface area contributed by atoms with E-state index >= 15 is 0 Å². The van der Waals surface area contributed by atoms with Crippen LogP contribution in [-0.2, 0) is 27.8 Å². The molecule has 1 aliphatic rings. The van der Waals surface area contributed by atoms with Crippen LogP contribution in [0.25, 0.3) is 0 Å². The van der Waals surface area contributed by atoms with Crippen LogP contribution in [0.15, 0.2) is 47.4 Å². The van der Waals surface area contributed by atoms with Gasteiger partial charge in [0.1, 0.15) is 6.04 Å². The molecule has 0 spiro atoms. The van der Waals surface area contributed by atoms with Crippen molar-refractivity contribution in [2.75, 3.05) is 7.05 Å². The Balaban J connectivity index is 2.09. The number of benzene rings is 2. The third-order valence-electron chi connectivity index (χ3n) is 4.20. The SMILES string of the molecule is CNC(=O)[C@@H]1Cc2ccccc2CN1S(=O)(=O)c1cc(Cl)cc(Cl)c1. The van der Waals surface area contributed by atoms with Crippen LogP contribution < -0.4 is 5.32 Å². The zero-order chi connectivity index (χ0) is 18.2. The van der Waals surface area contributed by atoms with Gasteiger partial charge in [-0.25, -0.2) is 8.42 Å². The van der Waals surface area contributed by atoms with Gasteiger partial charge in [0.15, 0.2) is 0 Å². The first kappa shape index (κ1) is 18.2. The Morgan fingerprint density at radius 3 is 2.32 bits per heavy atom. The molecular weight excluding hydrogens is 383 g/mol. The lowest BCUT2D eigenvalue weighted by molar-refractivity contribution is -0.124. The smallest absolute Gasteiger partial charge is 0.244 e. The third-order valence-corrected chi connectivity index (χ3v) is 6.47. The maximum absolute atomic E-state index is 13.2. The summed E-state index contributed by atoms with van der Waals surface area (Å²) in [6.45, 7) is 0.112. The Morgan fingerprint density at radius 2 is 1.72 bits per heavy atom. The molecule has 1 N–H and O–H groups in total. The maximum Gasteiger partial charge on any atom is 0.244 e. The average molecular weight is 399 g/mol. The Kier molecular flexibility index (Phi) is 5.06. The molecule has 0 unspecified atom stereocenters. The fourth-order valence-corrected chi connectivity index (χ4v) is 5.25. The monoisotopic (exact) mass is 398 g/mol. The molecule has 2 aromatic rings. The van der Waals surface area contributed by atoms with Gasteiger partial charge in [0.05, 0.1) is 4.90 Å². The van der Waals surface area contributed by atoms with Crippen molar-refractivity contribution in [1.29, 1.82) is 0 Å². The van der Waals surface area contributed by atoms with Gasteiger partial charge in [-0.05, 0) is 35.7 Å². The largest absolute Gasteiger partial charge is 0.358 e. The van der Waals surface area contributed by atoms with Crippen LogP contribution >= 0.6 is 23.2 Å². The molecule has 3 rings (SSSR count). The summed E-state index contributed by atoms with van der Waals surface area (Å²) in [5.41, 5.74) is 1.84. The lowest BCUT2D eigenvalue weighted by Crippen LogP contribution is -2.51. The van der Waals surface area contributed by atoms with Crippen LogP contribution in [0.5, 0.6) is 0 Å².